The molecule has 6 heteroatoms. The van der Waals surface area contributed by atoms with Crippen LogP contribution in [0.5, 0.6) is 5.75 Å². The molecule has 27 heavy (non-hydrogen) atoms. The number of hydrogen-bond donors (Lipinski definition) is 1. The molecule has 156 valence electrons. The zero-order valence-electron chi connectivity index (χ0n) is 18.1. The summed E-state index contributed by atoms with van der Waals surface area (Å²) in [5.41, 5.74) is 7.80. The Morgan fingerprint density at radius 1 is 0.889 bits per heavy atom. The fourth-order valence-electron chi connectivity index (χ4n) is 2.20. The lowest BCUT2D eigenvalue weighted by molar-refractivity contribution is 0.0388. The number of ether oxygens (including phenoxy) is 3. The SMILES string of the molecule is CCc1cc(CO[Si](C)(C)C(C)(C)C)cc(OCCOCCOCCN)c1. The van der Waals surface area contributed by atoms with E-state index in [-0.39, 0.29) is 5.04 Å². The average Bonchev–Trinajstić information content (AvgIpc) is 2.61. The summed E-state index contributed by atoms with van der Waals surface area (Å²) in [6.07, 6.45) is 0.972. The van der Waals surface area contributed by atoms with Gasteiger partial charge in [0.05, 0.1) is 33.0 Å². The van der Waals surface area contributed by atoms with Crippen molar-refractivity contribution >= 4 is 8.32 Å². The van der Waals surface area contributed by atoms with Gasteiger partial charge in [-0.05, 0) is 47.8 Å². The highest BCUT2D eigenvalue weighted by atomic mass is 28.4. The predicted octanol–water partition coefficient (Wildman–Crippen LogP) is 4.14. The third-order valence-electron chi connectivity index (χ3n) is 4.97. The molecule has 0 heterocycles. The summed E-state index contributed by atoms with van der Waals surface area (Å²) < 4.78 is 23.0. The van der Waals surface area contributed by atoms with Crippen molar-refractivity contribution in [2.75, 3.05) is 39.6 Å². The Morgan fingerprint density at radius 3 is 2.07 bits per heavy atom. The van der Waals surface area contributed by atoms with E-state index in [0.29, 0.717) is 46.2 Å². The van der Waals surface area contributed by atoms with Gasteiger partial charge in [-0.15, -0.1) is 0 Å². The molecule has 0 spiro atoms. The monoisotopic (exact) mass is 397 g/mol. The van der Waals surface area contributed by atoms with E-state index in [1.807, 2.05) is 0 Å². The van der Waals surface area contributed by atoms with Crippen LogP contribution in [0.3, 0.4) is 0 Å². The molecular weight excluding hydrogens is 358 g/mol. The van der Waals surface area contributed by atoms with E-state index in [2.05, 4.69) is 59.0 Å². The highest BCUT2D eigenvalue weighted by Gasteiger charge is 2.37. The number of aryl methyl sites for hydroxylation is 1. The van der Waals surface area contributed by atoms with Gasteiger partial charge in [-0.1, -0.05) is 33.8 Å². The Kier molecular flexibility index (Phi) is 10.6. The minimum atomic E-state index is -1.76. The van der Waals surface area contributed by atoms with Gasteiger partial charge in [0.25, 0.3) is 0 Å². The normalized spacial score (nSPS) is 12.4. The lowest BCUT2D eigenvalue weighted by Crippen LogP contribution is -2.40. The molecule has 1 aromatic carbocycles. The van der Waals surface area contributed by atoms with E-state index >= 15 is 0 Å². The van der Waals surface area contributed by atoms with E-state index in [1.165, 1.54) is 11.1 Å². The zero-order valence-corrected chi connectivity index (χ0v) is 19.1. The lowest BCUT2D eigenvalue weighted by atomic mass is 10.1. The fourth-order valence-corrected chi connectivity index (χ4v) is 3.16. The van der Waals surface area contributed by atoms with Gasteiger partial charge in [-0.25, -0.2) is 0 Å². The fraction of sp³-hybridized carbons (Fsp3) is 0.714. The first-order valence-corrected chi connectivity index (χ1v) is 12.9. The quantitative estimate of drug-likeness (QED) is 0.400. The molecule has 0 aliphatic rings. The van der Waals surface area contributed by atoms with E-state index in [0.717, 1.165) is 12.2 Å². The summed E-state index contributed by atoms with van der Waals surface area (Å²) in [5, 5.41) is 0.208. The standard InChI is InChI=1S/C21H39NO4Si/c1-7-18-14-19(17-26-27(5,6)21(2,3)4)16-20(15-18)25-13-12-24-11-10-23-9-8-22/h14-16H,7-13,17,22H2,1-6H3. The van der Waals surface area contributed by atoms with Gasteiger partial charge >= 0.3 is 0 Å². The van der Waals surface area contributed by atoms with Crippen LogP contribution in [0.4, 0.5) is 0 Å². The summed E-state index contributed by atoms with van der Waals surface area (Å²) in [6, 6.07) is 6.39. The van der Waals surface area contributed by atoms with Gasteiger partial charge in [0.2, 0.25) is 0 Å². The Hall–Kier alpha value is -0.923. The number of benzene rings is 1. The molecule has 0 unspecified atom stereocenters. The maximum Gasteiger partial charge on any atom is 0.192 e. The van der Waals surface area contributed by atoms with Crippen LogP contribution in [-0.4, -0.2) is 47.9 Å². The summed E-state index contributed by atoms with van der Waals surface area (Å²) in [5.74, 6) is 0.881. The van der Waals surface area contributed by atoms with Crippen molar-refractivity contribution in [2.24, 2.45) is 5.73 Å². The van der Waals surface area contributed by atoms with Gasteiger partial charge in [0, 0.05) is 6.54 Å². The van der Waals surface area contributed by atoms with Crippen LogP contribution in [-0.2, 0) is 26.9 Å². The molecule has 1 aromatic rings. The molecule has 0 radical (unpaired) electrons. The lowest BCUT2D eigenvalue weighted by Gasteiger charge is -2.36. The number of nitrogens with two attached hydrogens (primary N) is 1. The van der Waals surface area contributed by atoms with Crippen LogP contribution >= 0.6 is 0 Å². The number of hydrogen-bond acceptors (Lipinski definition) is 5. The molecule has 1 rings (SSSR count). The molecule has 0 saturated heterocycles. The summed E-state index contributed by atoms with van der Waals surface area (Å²) in [6.45, 7) is 17.4. The van der Waals surface area contributed by atoms with E-state index in [1.54, 1.807) is 0 Å². The van der Waals surface area contributed by atoms with Crippen molar-refractivity contribution in [3.63, 3.8) is 0 Å². The molecule has 0 bridgehead atoms. The van der Waals surface area contributed by atoms with Crippen LogP contribution in [0.25, 0.3) is 0 Å². The zero-order chi connectivity index (χ0) is 20.3. The van der Waals surface area contributed by atoms with Crippen LogP contribution in [0.1, 0.15) is 38.8 Å². The smallest absolute Gasteiger partial charge is 0.192 e. The Morgan fingerprint density at radius 2 is 1.48 bits per heavy atom. The van der Waals surface area contributed by atoms with E-state index in [4.69, 9.17) is 24.4 Å². The van der Waals surface area contributed by atoms with Crippen LogP contribution in [0.15, 0.2) is 18.2 Å². The Balaban J connectivity index is 2.51. The molecule has 0 aromatic heterocycles. The maximum absolute atomic E-state index is 6.36. The van der Waals surface area contributed by atoms with Crippen LogP contribution < -0.4 is 10.5 Å². The molecule has 0 atom stereocenters. The average molecular weight is 398 g/mol. The van der Waals surface area contributed by atoms with E-state index in [9.17, 15) is 0 Å². The summed E-state index contributed by atoms with van der Waals surface area (Å²) >= 11 is 0. The third-order valence-corrected chi connectivity index (χ3v) is 9.45. The van der Waals surface area contributed by atoms with Gasteiger partial charge in [0.1, 0.15) is 12.4 Å². The largest absolute Gasteiger partial charge is 0.491 e. The van der Waals surface area contributed by atoms with Crippen molar-refractivity contribution in [1.82, 2.24) is 0 Å². The minimum Gasteiger partial charge on any atom is -0.491 e. The van der Waals surface area contributed by atoms with Gasteiger partial charge in [-0.3, -0.25) is 0 Å². The minimum absolute atomic E-state index is 0.208. The molecular formula is C21H39NO4Si. The molecule has 0 aliphatic heterocycles. The Labute approximate surface area is 166 Å². The second-order valence-corrected chi connectivity index (χ2v) is 13.1. The second kappa shape index (κ2) is 11.8. The first-order chi connectivity index (χ1) is 12.7. The van der Waals surface area contributed by atoms with Crippen molar-refractivity contribution in [3.8, 4) is 5.75 Å². The topological polar surface area (TPSA) is 62.9 Å². The molecule has 0 fully saturated rings. The van der Waals surface area contributed by atoms with Crippen molar-refractivity contribution < 1.29 is 18.6 Å². The van der Waals surface area contributed by atoms with Gasteiger partial charge < -0.3 is 24.4 Å². The summed E-state index contributed by atoms with van der Waals surface area (Å²) in [7, 11) is -1.76. The van der Waals surface area contributed by atoms with Crippen molar-refractivity contribution in [3.05, 3.63) is 29.3 Å². The first-order valence-electron chi connectivity index (χ1n) is 9.94. The van der Waals surface area contributed by atoms with Gasteiger partial charge in [-0.2, -0.15) is 0 Å². The Bertz CT molecular complexity index is 543. The molecule has 5 nitrogen and oxygen atoms in total. The van der Waals surface area contributed by atoms with Gasteiger partial charge in [0.15, 0.2) is 8.32 Å². The van der Waals surface area contributed by atoms with Crippen LogP contribution in [0, 0.1) is 0 Å². The molecule has 0 saturated carbocycles. The maximum atomic E-state index is 6.36. The molecule has 0 amide bonds. The predicted molar refractivity (Wildman–Crippen MR) is 114 cm³/mol. The highest BCUT2D eigenvalue weighted by molar-refractivity contribution is 6.74. The molecule has 0 aliphatic carbocycles. The molecule has 2 N–H and O–H groups in total. The van der Waals surface area contributed by atoms with Crippen molar-refractivity contribution in [2.45, 2.75) is 58.9 Å². The highest BCUT2D eigenvalue weighted by Crippen LogP contribution is 2.37. The third kappa shape index (κ3) is 9.21. The number of rotatable bonds is 13. The second-order valence-electron chi connectivity index (χ2n) is 8.25. The van der Waals surface area contributed by atoms with Crippen molar-refractivity contribution in [1.29, 1.82) is 0 Å². The van der Waals surface area contributed by atoms with Crippen LogP contribution in [0.2, 0.25) is 18.1 Å². The van der Waals surface area contributed by atoms with E-state index < -0.39 is 8.32 Å². The first kappa shape index (κ1) is 24.1. The summed E-state index contributed by atoms with van der Waals surface area (Å²) in [4.78, 5) is 0.